The monoisotopic (exact) mass is 422 g/mol. The number of Topliss-reactive ketones (excluding diaryl/α,β-unsaturated/α-hetero) is 2. The van der Waals surface area contributed by atoms with Crippen molar-refractivity contribution in [3.8, 4) is 0 Å². The summed E-state index contributed by atoms with van der Waals surface area (Å²) >= 11 is 0. The highest BCUT2D eigenvalue weighted by molar-refractivity contribution is 6.02. The third-order valence-corrected chi connectivity index (χ3v) is 7.56. The van der Waals surface area contributed by atoms with Crippen LogP contribution < -0.4 is 0 Å². The molecule has 1 saturated heterocycles. The first-order valence-electron chi connectivity index (χ1n) is 11.9. The van der Waals surface area contributed by atoms with Gasteiger partial charge in [0.2, 0.25) is 0 Å². The Morgan fingerprint density at radius 3 is 2.74 bits per heavy atom. The Kier molecular flexibility index (Phi) is 5.79. The molecule has 0 spiro atoms. The van der Waals surface area contributed by atoms with Gasteiger partial charge < -0.3 is 9.88 Å². The molecule has 2 aliphatic carbocycles. The highest BCUT2D eigenvalue weighted by Crippen LogP contribution is 2.39. The minimum absolute atomic E-state index is 0.0586. The van der Waals surface area contributed by atoms with Crippen LogP contribution in [-0.4, -0.2) is 41.1 Å². The van der Waals surface area contributed by atoms with Gasteiger partial charge in [-0.25, -0.2) is 4.39 Å². The summed E-state index contributed by atoms with van der Waals surface area (Å²) in [5, 5.41) is 0. The van der Waals surface area contributed by atoms with E-state index in [9.17, 15) is 14.0 Å². The molecule has 164 valence electrons. The average Bonchev–Trinajstić information content (AvgIpc) is 2.95. The molecule has 0 unspecified atom stereocenters. The molecule has 5 rings (SSSR count). The van der Waals surface area contributed by atoms with E-state index in [4.69, 9.17) is 0 Å². The molecule has 3 aliphatic rings. The van der Waals surface area contributed by atoms with Gasteiger partial charge >= 0.3 is 0 Å². The van der Waals surface area contributed by atoms with Crippen molar-refractivity contribution in [3.05, 3.63) is 58.2 Å². The van der Waals surface area contributed by atoms with Crippen molar-refractivity contribution in [1.82, 2.24) is 9.88 Å². The lowest BCUT2D eigenvalue weighted by atomic mass is 9.72. The van der Waals surface area contributed by atoms with Crippen LogP contribution in [0.1, 0.15) is 76.2 Å². The number of carbonyl (C=O) groups excluding carboxylic acids is 2. The number of piperidine rings is 1. The number of carbonyl (C=O) groups is 2. The Bertz CT molecular complexity index is 978. The fourth-order valence-electron chi connectivity index (χ4n) is 5.88. The third-order valence-electron chi connectivity index (χ3n) is 7.56. The van der Waals surface area contributed by atoms with E-state index in [1.54, 1.807) is 12.1 Å². The second-order valence-electron chi connectivity index (χ2n) is 9.55. The van der Waals surface area contributed by atoms with Crippen molar-refractivity contribution in [2.75, 3.05) is 19.6 Å². The van der Waals surface area contributed by atoms with Crippen molar-refractivity contribution in [2.24, 2.45) is 11.8 Å². The highest BCUT2D eigenvalue weighted by atomic mass is 19.1. The van der Waals surface area contributed by atoms with Crippen LogP contribution in [0.2, 0.25) is 0 Å². The number of benzene rings is 1. The van der Waals surface area contributed by atoms with Gasteiger partial charge in [0, 0.05) is 41.4 Å². The number of likely N-dealkylation sites (tertiary alicyclic amines) is 1. The Morgan fingerprint density at radius 2 is 1.90 bits per heavy atom. The number of aryl methyl sites for hydroxylation is 1. The SMILES string of the molecule is O=C(CCCN1CC[C@H]2Cc3[nH]c4c(c3C(=O)[C@@H]2C1)CCCCC4)c1ccc(F)cc1. The largest absolute Gasteiger partial charge is 0.361 e. The van der Waals surface area contributed by atoms with E-state index in [1.807, 2.05) is 0 Å². The number of nitrogens with one attached hydrogen (secondary N) is 1. The summed E-state index contributed by atoms with van der Waals surface area (Å²) in [6.07, 6.45) is 9.07. The molecule has 0 radical (unpaired) electrons. The summed E-state index contributed by atoms with van der Waals surface area (Å²) in [7, 11) is 0. The molecule has 0 bridgehead atoms. The maximum Gasteiger partial charge on any atom is 0.169 e. The molecule has 1 fully saturated rings. The molecule has 31 heavy (non-hydrogen) atoms. The molecular formula is C26H31FN2O2. The molecule has 1 N–H and O–H groups in total. The van der Waals surface area contributed by atoms with Crippen LogP contribution in [0.15, 0.2) is 24.3 Å². The number of aromatic nitrogens is 1. The molecule has 2 atom stereocenters. The van der Waals surface area contributed by atoms with Gasteiger partial charge in [-0.1, -0.05) is 6.42 Å². The molecule has 5 heteroatoms. The maximum atomic E-state index is 13.5. The zero-order valence-electron chi connectivity index (χ0n) is 18.1. The summed E-state index contributed by atoms with van der Waals surface area (Å²) in [6.45, 7) is 2.64. The quantitative estimate of drug-likeness (QED) is 0.558. The normalized spacial score (nSPS) is 23.6. The van der Waals surface area contributed by atoms with Gasteiger partial charge in [0.15, 0.2) is 11.6 Å². The van der Waals surface area contributed by atoms with Crippen LogP contribution in [0.3, 0.4) is 0 Å². The number of ketones is 2. The summed E-state index contributed by atoms with van der Waals surface area (Å²) < 4.78 is 13.1. The summed E-state index contributed by atoms with van der Waals surface area (Å²) in [5.74, 6) is 0.636. The van der Waals surface area contributed by atoms with Crippen molar-refractivity contribution in [3.63, 3.8) is 0 Å². The smallest absolute Gasteiger partial charge is 0.169 e. The van der Waals surface area contributed by atoms with E-state index < -0.39 is 0 Å². The fraction of sp³-hybridized carbons (Fsp3) is 0.538. The van der Waals surface area contributed by atoms with E-state index in [2.05, 4.69) is 9.88 Å². The first-order valence-corrected chi connectivity index (χ1v) is 11.9. The minimum Gasteiger partial charge on any atom is -0.361 e. The van der Waals surface area contributed by atoms with Gasteiger partial charge in [0.1, 0.15) is 5.82 Å². The topological polar surface area (TPSA) is 53.2 Å². The van der Waals surface area contributed by atoms with Gasteiger partial charge in [-0.2, -0.15) is 0 Å². The van der Waals surface area contributed by atoms with Crippen LogP contribution in [-0.2, 0) is 19.3 Å². The average molecular weight is 423 g/mol. The van der Waals surface area contributed by atoms with E-state index in [0.29, 0.717) is 23.7 Å². The zero-order chi connectivity index (χ0) is 21.4. The Balaban J connectivity index is 1.21. The molecule has 4 nitrogen and oxygen atoms in total. The van der Waals surface area contributed by atoms with E-state index in [0.717, 1.165) is 57.3 Å². The van der Waals surface area contributed by atoms with Crippen LogP contribution in [0.5, 0.6) is 0 Å². The molecule has 0 amide bonds. The summed E-state index contributed by atoms with van der Waals surface area (Å²) in [5.41, 5.74) is 5.45. The predicted octanol–water partition coefficient (Wildman–Crippen LogP) is 4.76. The molecular weight excluding hydrogens is 391 g/mol. The van der Waals surface area contributed by atoms with Crippen molar-refractivity contribution in [2.45, 2.75) is 57.8 Å². The van der Waals surface area contributed by atoms with Crippen LogP contribution in [0.25, 0.3) is 0 Å². The van der Waals surface area contributed by atoms with E-state index in [1.165, 1.54) is 48.3 Å². The lowest BCUT2D eigenvalue weighted by Crippen LogP contribution is -2.47. The number of halogens is 1. The first-order chi connectivity index (χ1) is 15.1. The zero-order valence-corrected chi connectivity index (χ0v) is 18.1. The Morgan fingerprint density at radius 1 is 1.10 bits per heavy atom. The summed E-state index contributed by atoms with van der Waals surface area (Å²) in [4.78, 5) is 31.9. The molecule has 1 aliphatic heterocycles. The van der Waals surface area contributed by atoms with Crippen molar-refractivity contribution < 1.29 is 14.0 Å². The van der Waals surface area contributed by atoms with Gasteiger partial charge in [0.25, 0.3) is 0 Å². The number of hydrogen-bond donors (Lipinski definition) is 1. The lowest BCUT2D eigenvalue weighted by Gasteiger charge is -2.40. The van der Waals surface area contributed by atoms with Crippen molar-refractivity contribution in [1.29, 1.82) is 0 Å². The number of nitrogens with zero attached hydrogens (tertiary/aromatic N) is 1. The van der Waals surface area contributed by atoms with E-state index >= 15 is 0 Å². The van der Waals surface area contributed by atoms with Crippen LogP contribution >= 0.6 is 0 Å². The lowest BCUT2D eigenvalue weighted by molar-refractivity contribution is 0.0652. The Hall–Kier alpha value is -2.27. The first kappa shape index (κ1) is 20.6. The maximum absolute atomic E-state index is 13.5. The van der Waals surface area contributed by atoms with E-state index in [-0.39, 0.29) is 17.5 Å². The van der Waals surface area contributed by atoms with Crippen molar-refractivity contribution >= 4 is 11.6 Å². The number of rotatable bonds is 5. The van der Waals surface area contributed by atoms with Crippen LogP contribution in [0.4, 0.5) is 4.39 Å². The van der Waals surface area contributed by atoms with Gasteiger partial charge in [-0.05, 0) is 93.8 Å². The third kappa shape index (κ3) is 4.12. The summed E-state index contributed by atoms with van der Waals surface area (Å²) in [6, 6.07) is 5.79. The van der Waals surface area contributed by atoms with Gasteiger partial charge in [-0.3, -0.25) is 9.59 Å². The van der Waals surface area contributed by atoms with Gasteiger partial charge in [-0.15, -0.1) is 0 Å². The van der Waals surface area contributed by atoms with Crippen LogP contribution in [0, 0.1) is 17.7 Å². The molecule has 2 aromatic rings. The second-order valence-corrected chi connectivity index (χ2v) is 9.55. The Labute approximate surface area is 183 Å². The number of aromatic amines is 1. The molecule has 1 aromatic heterocycles. The fourth-order valence-corrected chi connectivity index (χ4v) is 5.88. The molecule has 2 heterocycles. The van der Waals surface area contributed by atoms with Gasteiger partial charge in [0.05, 0.1) is 0 Å². The standard InChI is InChI=1S/C26H31FN2O2/c27-19-10-8-17(9-11-19)24(30)7-4-13-29-14-12-18-15-23-25(26(31)21(18)16-29)20-5-2-1-3-6-22(20)28-23/h8-11,18,21,28H,1-7,12-16H2/t18-,21+/m0/s1. The highest BCUT2D eigenvalue weighted by Gasteiger charge is 2.41. The number of hydrogen-bond acceptors (Lipinski definition) is 3. The molecule has 0 saturated carbocycles. The molecule has 1 aromatic carbocycles. The predicted molar refractivity (Wildman–Crippen MR) is 118 cm³/mol. The number of fused-ring (bicyclic) bond motifs is 4. The second kappa shape index (κ2) is 8.70. The number of H-pyrrole nitrogens is 1. The minimum atomic E-state index is -0.320.